The van der Waals surface area contributed by atoms with Gasteiger partial charge in [0.15, 0.2) is 0 Å². The Labute approximate surface area is 103 Å². The number of hydrogen-bond acceptors (Lipinski definition) is 3. The molecular weight excluding hydrogens is 297 g/mol. The highest BCUT2D eigenvalue weighted by atomic mass is 79.9. The molecule has 0 heterocycles. The molecule has 0 saturated heterocycles. The van der Waals surface area contributed by atoms with E-state index >= 15 is 0 Å². The lowest BCUT2D eigenvalue weighted by atomic mass is 10.2. The maximum absolute atomic E-state index is 12.9. The number of hydrogen-bond donors (Lipinski definition) is 1. The van der Waals surface area contributed by atoms with E-state index in [1.54, 1.807) is 12.1 Å². The summed E-state index contributed by atoms with van der Waals surface area (Å²) in [7, 11) is -2.93. The van der Waals surface area contributed by atoms with Gasteiger partial charge in [0.25, 0.3) is 0 Å². The third-order valence-corrected chi connectivity index (χ3v) is 3.52. The topological polar surface area (TPSA) is 46.2 Å². The van der Waals surface area contributed by atoms with Gasteiger partial charge in [-0.2, -0.15) is 0 Å². The molecule has 16 heavy (non-hydrogen) atoms. The zero-order valence-corrected chi connectivity index (χ0v) is 11.2. The van der Waals surface area contributed by atoms with Gasteiger partial charge >= 0.3 is 0 Å². The van der Waals surface area contributed by atoms with Gasteiger partial charge in [-0.3, -0.25) is 0 Å². The van der Waals surface area contributed by atoms with Gasteiger partial charge in [0, 0.05) is 19.3 Å². The second-order valence-electron chi connectivity index (χ2n) is 3.56. The van der Waals surface area contributed by atoms with Crippen LogP contribution in [-0.4, -0.2) is 27.0 Å². The molecule has 0 spiro atoms. The van der Waals surface area contributed by atoms with Crippen LogP contribution in [0.15, 0.2) is 22.7 Å². The average molecular weight is 310 g/mol. The quantitative estimate of drug-likeness (QED) is 0.843. The molecule has 1 aromatic carbocycles. The van der Waals surface area contributed by atoms with Crippen LogP contribution in [0.2, 0.25) is 0 Å². The Morgan fingerprint density at radius 3 is 2.69 bits per heavy atom. The summed E-state index contributed by atoms with van der Waals surface area (Å²) in [5.41, 5.74) is 0.904. The smallest absolute Gasteiger partial charge is 0.148 e. The van der Waals surface area contributed by atoms with Gasteiger partial charge in [-0.05, 0) is 33.6 Å². The van der Waals surface area contributed by atoms with Crippen molar-refractivity contribution in [2.45, 2.75) is 6.54 Å². The molecule has 0 aliphatic rings. The van der Waals surface area contributed by atoms with Gasteiger partial charge in [0.1, 0.15) is 15.7 Å². The van der Waals surface area contributed by atoms with E-state index in [-0.39, 0.29) is 11.6 Å². The summed E-state index contributed by atoms with van der Waals surface area (Å²) in [4.78, 5) is 0. The first kappa shape index (κ1) is 13.6. The predicted octanol–water partition coefficient (Wildman–Crippen LogP) is 1.72. The maximum Gasteiger partial charge on any atom is 0.148 e. The minimum absolute atomic E-state index is 0.107. The Morgan fingerprint density at radius 2 is 2.12 bits per heavy atom. The summed E-state index contributed by atoms with van der Waals surface area (Å²) in [5, 5.41) is 2.98. The zero-order valence-electron chi connectivity index (χ0n) is 8.83. The van der Waals surface area contributed by atoms with Crippen LogP contribution in [0.3, 0.4) is 0 Å². The van der Waals surface area contributed by atoms with Crippen LogP contribution in [0.1, 0.15) is 5.56 Å². The minimum atomic E-state index is -2.93. The van der Waals surface area contributed by atoms with Crippen LogP contribution < -0.4 is 5.32 Å². The molecule has 0 fully saturated rings. The highest BCUT2D eigenvalue weighted by Gasteiger charge is 2.02. The van der Waals surface area contributed by atoms with Crippen molar-refractivity contribution in [2.24, 2.45) is 0 Å². The average Bonchev–Trinajstić information content (AvgIpc) is 2.17. The number of benzene rings is 1. The van der Waals surface area contributed by atoms with Crippen LogP contribution in [0.5, 0.6) is 0 Å². The SMILES string of the molecule is CS(=O)(=O)CCNCc1ccc(F)c(Br)c1. The normalized spacial score (nSPS) is 11.7. The lowest BCUT2D eigenvalue weighted by molar-refractivity contribution is 0.596. The lowest BCUT2D eigenvalue weighted by Gasteiger charge is -2.05. The van der Waals surface area contributed by atoms with Gasteiger partial charge in [-0.1, -0.05) is 6.07 Å². The fraction of sp³-hybridized carbons (Fsp3) is 0.400. The van der Waals surface area contributed by atoms with E-state index in [4.69, 9.17) is 0 Å². The summed E-state index contributed by atoms with van der Waals surface area (Å²) < 4.78 is 35.0. The maximum atomic E-state index is 12.9. The standard InChI is InChI=1S/C10H13BrFNO2S/c1-16(14,15)5-4-13-7-8-2-3-10(12)9(11)6-8/h2-3,6,13H,4-5,7H2,1H3. The summed E-state index contributed by atoms with van der Waals surface area (Å²) in [5.74, 6) is -0.199. The molecule has 1 rings (SSSR count). The van der Waals surface area contributed by atoms with E-state index in [9.17, 15) is 12.8 Å². The first-order chi connectivity index (χ1) is 7.38. The molecule has 0 amide bonds. The second-order valence-corrected chi connectivity index (χ2v) is 6.67. The van der Waals surface area contributed by atoms with E-state index in [2.05, 4.69) is 21.2 Å². The van der Waals surface area contributed by atoms with Crippen molar-refractivity contribution in [1.82, 2.24) is 5.32 Å². The molecule has 0 saturated carbocycles. The van der Waals surface area contributed by atoms with Crippen molar-refractivity contribution in [3.63, 3.8) is 0 Å². The summed E-state index contributed by atoms with van der Waals surface area (Å²) in [6.45, 7) is 0.919. The molecule has 0 unspecified atom stereocenters. The van der Waals surface area contributed by atoms with Crippen molar-refractivity contribution in [1.29, 1.82) is 0 Å². The fourth-order valence-corrected chi connectivity index (χ4v) is 2.08. The molecule has 1 N–H and O–H groups in total. The largest absolute Gasteiger partial charge is 0.312 e. The Hall–Kier alpha value is -0.460. The minimum Gasteiger partial charge on any atom is -0.312 e. The fourth-order valence-electron chi connectivity index (χ4n) is 1.14. The molecule has 3 nitrogen and oxygen atoms in total. The monoisotopic (exact) mass is 309 g/mol. The van der Waals surface area contributed by atoms with E-state index in [0.29, 0.717) is 17.6 Å². The highest BCUT2D eigenvalue weighted by molar-refractivity contribution is 9.10. The molecule has 0 aromatic heterocycles. The summed E-state index contributed by atoms with van der Waals surface area (Å²) in [6, 6.07) is 4.70. The van der Waals surface area contributed by atoms with Gasteiger partial charge in [-0.25, -0.2) is 12.8 Å². The van der Waals surface area contributed by atoms with Crippen LogP contribution >= 0.6 is 15.9 Å². The molecule has 0 aliphatic carbocycles. The van der Waals surface area contributed by atoms with Crippen LogP contribution in [0.4, 0.5) is 4.39 Å². The van der Waals surface area contributed by atoms with E-state index in [0.717, 1.165) is 5.56 Å². The lowest BCUT2D eigenvalue weighted by Crippen LogP contribution is -2.21. The van der Waals surface area contributed by atoms with Gasteiger partial charge < -0.3 is 5.32 Å². The molecule has 1 aromatic rings. The Bertz CT molecular complexity index is 462. The van der Waals surface area contributed by atoms with Crippen molar-refractivity contribution in [3.05, 3.63) is 34.1 Å². The zero-order chi connectivity index (χ0) is 12.2. The molecule has 0 bridgehead atoms. The van der Waals surface area contributed by atoms with Crippen molar-refractivity contribution in [3.8, 4) is 0 Å². The van der Waals surface area contributed by atoms with Crippen molar-refractivity contribution >= 4 is 25.8 Å². The second kappa shape index (κ2) is 5.75. The molecular formula is C10H13BrFNO2S. The number of halogens is 2. The number of rotatable bonds is 5. The van der Waals surface area contributed by atoms with E-state index in [1.807, 2.05) is 0 Å². The Kier molecular flexibility index (Phi) is 4.89. The number of nitrogens with one attached hydrogen (secondary N) is 1. The molecule has 90 valence electrons. The summed E-state index contributed by atoms with van der Waals surface area (Å²) >= 11 is 3.09. The molecule has 0 aliphatic heterocycles. The first-order valence-electron chi connectivity index (χ1n) is 4.71. The van der Waals surface area contributed by atoms with Gasteiger partial charge in [-0.15, -0.1) is 0 Å². The molecule has 6 heteroatoms. The predicted molar refractivity (Wildman–Crippen MR) is 65.5 cm³/mol. The van der Waals surface area contributed by atoms with Crippen LogP contribution in [-0.2, 0) is 16.4 Å². The highest BCUT2D eigenvalue weighted by Crippen LogP contribution is 2.16. The molecule has 0 atom stereocenters. The Morgan fingerprint density at radius 1 is 1.44 bits per heavy atom. The number of sulfone groups is 1. The van der Waals surface area contributed by atoms with Crippen molar-refractivity contribution in [2.75, 3.05) is 18.6 Å². The molecule has 0 radical (unpaired) electrons. The van der Waals surface area contributed by atoms with Crippen molar-refractivity contribution < 1.29 is 12.8 Å². The third kappa shape index (κ3) is 5.05. The van der Waals surface area contributed by atoms with E-state index < -0.39 is 9.84 Å². The van der Waals surface area contributed by atoms with Crippen LogP contribution in [0, 0.1) is 5.82 Å². The Balaban J connectivity index is 2.41. The van der Waals surface area contributed by atoms with Crippen LogP contribution in [0.25, 0.3) is 0 Å². The first-order valence-corrected chi connectivity index (χ1v) is 7.56. The third-order valence-electron chi connectivity index (χ3n) is 1.96. The van der Waals surface area contributed by atoms with E-state index in [1.165, 1.54) is 12.3 Å². The van der Waals surface area contributed by atoms with Gasteiger partial charge in [0.05, 0.1) is 10.2 Å². The van der Waals surface area contributed by atoms with Gasteiger partial charge in [0.2, 0.25) is 0 Å². The summed E-state index contributed by atoms with van der Waals surface area (Å²) in [6.07, 6.45) is 1.20.